The fraction of sp³-hybridized carbons (Fsp3) is 0.700. The van der Waals surface area contributed by atoms with E-state index in [-0.39, 0.29) is 0 Å². The zero-order valence-corrected chi connectivity index (χ0v) is 11.8. The summed E-state index contributed by atoms with van der Waals surface area (Å²) in [6, 6.07) is -0.690. The Bertz CT molecular complexity index is 368. The summed E-state index contributed by atoms with van der Waals surface area (Å²) in [5.41, 5.74) is 5.22. The Labute approximate surface area is 125 Å². The molecule has 0 aromatic carbocycles. The highest BCUT2D eigenvalue weighted by Gasteiger charge is 2.38. The molecule has 1 atom stereocenters. The van der Waals surface area contributed by atoms with Gasteiger partial charge in [0.1, 0.15) is 6.04 Å². The van der Waals surface area contributed by atoms with Crippen molar-refractivity contribution in [3.63, 3.8) is 0 Å². The minimum Gasteiger partial charge on any atom is -0.480 e. The second kappa shape index (κ2) is 10.6. The molecule has 0 saturated carbocycles. The Balaban J connectivity index is -0.000000264. The van der Waals surface area contributed by atoms with Crippen LogP contribution in [-0.4, -0.2) is 51.6 Å². The van der Waals surface area contributed by atoms with Gasteiger partial charge in [0.05, 0.1) is 0 Å². The molecule has 0 radical (unpaired) electrons. The van der Waals surface area contributed by atoms with E-state index >= 15 is 0 Å². The van der Waals surface area contributed by atoms with Gasteiger partial charge >= 0.3 is 30.3 Å². The summed E-state index contributed by atoms with van der Waals surface area (Å²) in [5.74, 6) is -6.07. The van der Waals surface area contributed by atoms with Crippen molar-refractivity contribution in [2.45, 2.75) is 38.7 Å². The molecule has 0 aromatic heterocycles. The Hall–Kier alpha value is -2.05. The number of carboxylic acids is 3. The fourth-order valence-corrected chi connectivity index (χ4v) is 0.609. The summed E-state index contributed by atoms with van der Waals surface area (Å²) in [7, 11) is 0. The van der Waals surface area contributed by atoms with Gasteiger partial charge in [-0.05, 0) is 12.3 Å². The monoisotopic (exact) mass is 359 g/mol. The van der Waals surface area contributed by atoms with Crippen molar-refractivity contribution in [1.82, 2.24) is 0 Å². The third-order valence-corrected chi connectivity index (χ3v) is 1.53. The van der Waals surface area contributed by atoms with Gasteiger partial charge in [0, 0.05) is 0 Å². The van der Waals surface area contributed by atoms with Gasteiger partial charge in [0.15, 0.2) is 0 Å². The lowest BCUT2D eigenvalue weighted by atomic mass is 10.1. The van der Waals surface area contributed by atoms with Crippen LogP contribution in [0.3, 0.4) is 0 Å². The van der Waals surface area contributed by atoms with E-state index in [1.807, 2.05) is 13.8 Å². The summed E-state index contributed by atoms with van der Waals surface area (Å²) in [6.07, 6.45) is -9.62. The van der Waals surface area contributed by atoms with Crippen molar-refractivity contribution in [1.29, 1.82) is 0 Å². The molecule has 0 spiro atoms. The quantitative estimate of drug-likeness (QED) is 0.563. The maximum Gasteiger partial charge on any atom is 0.490 e. The molecule has 0 aliphatic heterocycles. The fourth-order valence-electron chi connectivity index (χ4n) is 0.609. The largest absolute Gasteiger partial charge is 0.490 e. The number of carbonyl (C=O) groups is 3. The number of nitrogens with two attached hydrogens (primary N) is 1. The molecule has 0 saturated heterocycles. The van der Waals surface area contributed by atoms with Crippen LogP contribution in [0.15, 0.2) is 0 Å². The van der Waals surface area contributed by atoms with Crippen LogP contribution in [0.4, 0.5) is 26.3 Å². The highest BCUT2D eigenvalue weighted by Crippen LogP contribution is 2.13. The zero-order valence-electron chi connectivity index (χ0n) is 11.8. The predicted octanol–water partition coefficient (Wildman–Crippen LogP) is 1.71. The maximum atomic E-state index is 10.6. The molecular formula is C10H15F6NO6. The molecule has 0 aliphatic carbocycles. The van der Waals surface area contributed by atoms with Crippen molar-refractivity contribution in [3.8, 4) is 0 Å². The number of aliphatic carboxylic acids is 3. The Morgan fingerprint density at radius 3 is 1.13 bits per heavy atom. The standard InChI is InChI=1S/C6H13NO2.2C2HF3O2/c1-4(2)3-5(7)6(8)9;2*3-2(4,5)1(6)7/h4-5H,3,7H2,1-2H3,(H,8,9);2*(H,6,7)/t5-;;/m0../s1. The predicted molar refractivity (Wildman–Crippen MR) is 62.4 cm³/mol. The van der Waals surface area contributed by atoms with Crippen LogP contribution in [0.1, 0.15) is 20.3 Å². The number of halogens is 6. The molecule has 0 bridgehead atoms. The minimum absolute atomic E-state index is 0.357. The first kappa shape index (κ1) is 25.9. The van der Waals surface area contributed by atoms with E-state index in [4.69, 9.17) is 30.6 Å². The summed E-state index contributed by atoms with van der Waals surface area (Å²) in [5, 5.41) is 22.6. The third kappa shape index (κ3) is 19.9. The average Bonchev–Trinajstić information content (AvgIpc) is 2.26. The van der Waals surface area contributed by atoms with Gasteiger partial charge < -0.3 is 21.1 Å². The van der Waals surface area contributed by atoms with E-state index in [1.54, 1.807) is 0 Å². The van der Waals surface area contributed by atoms with Crippen LogP contribution >= 0.6 is 0 Å². The van der Waals surface area contributed by atoms with Crippen molar-refractivity contribution in [2.75, 3.05) is 0 Å². The molecule has 0 aliphatic rings. The molecule has 5 N–H and O–H groups in total. The number of hydrogen-bond donors (Lipinski definition) is 4. The van der Waals surface area contributed by atoms with E-state index in [9.17, 15) is 31.1 Å². The molecule has 7 nitrogen and oxygen atoms in total. The topological polar surface area (TPSA) is 138 Å². The number of carboxylic acid groups (broad SMARTS) is 3. The molecule has 0 heterocycles. The van der Waals surface area contributed by atoms with Gasteiger partial charge in [0.2, 0.25) is 0 Å². The second-order valence-corrected chi connectivity index (χ2v) is 4.18. The van der Waals surface area contributed by atoms with E-state index in [0.29, 0.717) is 12.3 Å². The Morgan fingerprint density at radius 1 is 0.870 bits per heavy atom. The van der Waals surface area contributed by atoms with E-state index in [0.717, 1.165) is 0 Å². The molecule has 23 heavy (non-hydrogen) atoms. The smallest absolute Gasteiger partial charge is 0.480 e. The zero-order chi connectivity index (χ0) is 19.6. The van der Waals surface area contributed by atoms with Crippen LogP contribution in [0.5, 0.6) is 0 Å². The molecular weight excluding hydrogens is 344 g/mol. The van der Waals surface area contributed by atoms with Crippen molar-refractivity contribution < 1.29 is 56.0 Å². The van der Waals surface area contributed by atoms with Crippen LogP contribution in [0, 0.1) is 5.92 Å². The summed E-state index contributed by atoms with van der Waals surface area (Å²) < 4.78 is 63.5. The van der Waals surface area contributed by atoms with Gasteiger partial charge in [-0.2, -0.15) is 26.3 Å². The van der Waals surface area contributed by atoms with Gasteiger partial charge in [-0.3, -0.25) is 4.79 Å². The molecule has 13 heteroatoms. The van der Waals surface area contributed by atoms with Crippen LogP contribution in [-0.2, 0) is 14.4 Å². The highest BCUT2D eigenvalue weighted by molar-refractivity contribution is 5.73. The number of alkyl halides is 6. The van der Waals surface area contributed by atoms with E-state index < -0.39 is 36.3 Å². The minimum atomic E-state index is -5.08. The first-order chi connectivity index (χ1) is 9.92. The molecule has 138 valence electrons. The number of hydrogen-bond acceptors (Lipinski definition) is 4. The summed E-state index contributed by atoms with van der Waals surface area (Å²) in [4.78, 5) is 27.9. The van der Waals surface area contributed by atoms with Crippen LogP contribution in [0.2, 0.25) is 0 Å². The first-order valence-corrected chi connectivity index (χ1v) is 5.51. The summed E-state index contributed by atoms with van der Waals surface area (Å²) in [6.45, 7) is 3.89. The molecule has 0 amide bonds. The van der Waals surface area contributed by atoms with E-state index in [1.165, 1.54) is 0 Å². The lowest BCUT2D eigenvalue weighted by Crippen LogP contribution is -2.31. The van der Waals surface area contributed by atoms with E-state index in [2.05, 4.69) is 0 Å². The highest BCUT2D eigenvalue weighted by atomic mass is 19.4. The maximum absolute atomic E-state index is 10.6. The molecule has 0 unspecified atom stereocenters. The van der Waals surface area contributed by atoms with Gasteiger partial charge in [-0.1, -0.05) is 13.8 Å². The SMILES string of the molecule is CC(C)C[C@H](N)C(=O)O.O=C(O)C(F)(F)F.O=C(O)C(F)(F)F. The Morgan fingerprint density at radius 2 is 1.09 bits per heavy atom. The van der Waals surface area contributed by atoms with Gasteiger partial charge in [0.25, 0.3) is 0 Å². The lowest BCUT2D eigenvalue weighted by molar-refractivity contribution is -0.193. The van der Waals surface area contributed by atoms with Gasteiger partial charge in [-0.25, -0.2) is 9.59 Å². The van der Waals surface area contributed by atoms with Crippen LogP contribution in [0.25, 0.3) is 0 Å². The average molecular weight is 359 g/mol. The third-order valence-electron chi connectivity index (χ3n) is 1.53. The van der Waals surface area contributed by atoms with Crippen molar-refractivity contribution in [2.24, 2.45) is 11.7 Å². The van der Waals surface area contributed by atoms with Crippen LogP contribution < -0.4 is 5.73 Å². The lowest BCUT2D eigenvalue weighted by Gasteiger charge is -2.07. The molecule has 0 aromatic rings. The number of rotatable bonds is 3. The second-order valence-electron chi connectivity index (χ2n) is 4.18. The first-order valence-electron chi connectivity index (χ1n) is 5.51. The molecule has 0 rings (SSSR count). The summed E-state index contributed by atoms with van der Waals surface area (Å²) >= 11 is 0. The van der Waals surface area contributed by atoms with Crippen molar-refractivity contribution in [3.05, 3.63) is 0 Å². The van der Waals surface area contributed by atoms with Gasteiger partial charge in [-0.15, -0.1) is 0 Å². The normalized spacial score (nSPS) is 12.3. The molecule has 0 fully saturated rings. The van der Waals surface area contributed by atoms with Crippen molar-refractivity contribution >= 4 is 17.9 Å². The Kier molecular flexibility index (Phi) is 12.0.